The summed E-state index contributed by atoms with van der Waals surface area (Å²) in [5.41, 5.74) is 1.33. The molecular formula is C15H28O5. The number of aliphatic hydroxyl groups excluding tert-OH is 3. The van der Waals surface area contributed by atoms with Crippen molar-refractivity contribution in [3.63, 3.8) is 0 Å². The van der Waals surface area contributed by atoms with Gasteiger partial charge in [-0.25, -0.2) is 0 Å². The molecule has 0 saturated carbocycles. The second kappa shape index (κ2) is 8.74. The van der Waals surface area contributed by atoms with E-state index in [1.807, 2.05) is 0 Å². The molecule has 0 bridgehead atoms. The average molecular weight is 288 g/mol. The van der Waals surface area contributed by atoms with Gasteiger partial charge < -0.3 is 24.8 Å². The lowest BCUT2D eigenvalue weighted by atomic mass is 10.0. The van der Waals surface area contributed by atoms with Crippen LogP contribution in [0, 0.1) is 5.92 Å². The zero-order valence-electron chi connectivity index (χ0n) is 12.7. The van der Waals surface area contributed by atoms with Crippen LogP contribution in [0.1, 0.15) is 40.0 Å². The van der Waals surface area contributed by atoms with Crippen molar-refractivity contribution in [2.24, 2.45) is 5.92 Å². The number of hydrogen-bond acceptors (Lipinski definition) is 5. The van der Waals surface area contributed by atoms with E-state index in [2.05, 4.69) is 26.8 Å². The Hall–Kier alpha value is -0.460. The first-order valence-corrected chi connectivity index (χ1v) is 7.32. The molecule has 1 aliphatic rings. The largest absolute Gasteiger partial charge is 0.388 e. The van der Waals surface area contributed by atoms with Gasteiger partial charge in [0.05, 0.1) is 13.2 Å². The summed E-state index contributed by atoms with van der Waals surface area (Å²) >= 11 is 0. The van der Waals surface area contributed by atoms with Gasteiger partial charge in [-0.05, 0) is 39.0 Å². The first kappa shape index (κ1) is 17.6. The second-order valence-electron chi connectivity index (χ2n) is 5.87. The molecule has 1 saturated heterocycles. The van der Waals surface area contributed by atoms with Gasteiger partial charge in [-0.1, -0.05) is 18.6 Å². The molecule has 1 aliphatic heterocycles. The van der Waals surface area contributed by atoms with Crippen LogP contribution in [0.4, 0.5) is 0 Å². The molecule has 20 heavy (non-hydrogen) atoms. The summed E-state index contributed by atoms with van der Waals surface area (Å²) in [6.07, 6.45) is 0.973. The maximum atomic E-state index is 9.71. The summed E-state index contributed by atoms with van der Waals surface area (Å²) < 4.78 is 10.6. The van der Waals surface area contributed by atoms with Gasteiger partial charge in [0.25, 0.3) is 0 Å². The average Bonchev–Trinajstić information content (AvgIpc) is 2.38. The molecule has 1 rings (SSSR count). The van der Waals surface area contributed by atoms with Gasteiger partial charge in [0, 0.05) is 0 Å². The lowest BCUT2D eigenvalue weighted by Crippen LogP contribution is -2.53. The van der Waals surface area contributed by atoms with Gasteiger partial charge >= 0.3 is 0 Å². The Kier molecular flexibility index (Phi) is 7.69. The number of hydrogen-bond donors (Lipinski definition) is 3. The molecule has 0 aromatic carbocycles. The summed E-state index contributed by atoms with van der Waals surface area (Å²) in [7, 11) is 0. The van der Waals surface area contributed by atoms with Crippen molar-refractivity contribution in [1.29, 1.82) is 0 Å². The number of aliphatic hydroxyl groups is 3. The minimum Gasteiger partial charge on any atom is -0.388 e. The van der Waals surface area contributed by atoms with E-state index in [0.717, 1.165) is 19.3 Å². The van der Waals surface area contributed by atoms with Crippen molar-refractivity contribution in [3.8, 4) is 0 Å². The third-order valence-electron chi connectivity index (χ3n) is 3.56. The molecule has 3 N–H and O–H groups in total. The monoisotopic (exact) mass is 288 g/mol. The maximum absolute atomic E-state index is 9.71. The van der Waals surface area contributed by atoms with Gasteiger partial charge in [0.15, 0.2) is 6.29 Å². The molecule has 1 heterocycles. The van der Waals surface area contributed by atoms with E-state index in [0.29, 0.717) is 12.5 Å². The Bertz CT molecular complexity index is 301. The van der Waals surface area contributed by atoms with Gasteiger partial charge in [0.2, 0.25) is 0 Å². The van der Waals surface area contributed by atoms with Crippen LogP contribution in [-0.4, -0.2) is 53.1 Å². The zero-order valence-corrected chi connectivity index (χ0v) is 12.7. The standard InChI is InChI=1S/C15H28O5/c1-10(2)5-4-6-11(3)7-8-19-15-14(18)13(17)12(16)9-20-15/h5,11-18H,4,6-9H2,1-3H3/t11-,12+,13-,14+,15?/m0/s1. The minimum atomic E-state index is -1.20. The summed E-state index contributed by atoms with van der Waals surface area (Å²) in [4.78, 5) is 0. The van der Waals surface area contributed by atoms with Crippen LogP contribution in [0.25, 0.3) is 0 Å². The maximum Gasteiger partial charge on any atom is 0.186 e. The summed E-state index contributed by atoms with van der Waals surface area (Å²) in [6, 6.07) is 0. The van der Waals surface area contributed by atoms with Gasteiger partial charge in [-0.2, -0.15) is 0 Å². The highest BCUT2D eigenvalue weighted by molar-refractivity contribution is 4.92. The fraction of sp³-hybridized carbons (Fsp3) is 0.867. The highest BCUT2D eigenvalue weighted by atomic mass is 16.7. The third kappa shape index (κ3) is 5.89. The number of rotatable bonds is 7. The van der Waals surface area contributed by atoms with E-state index >= 15 is 0 Å². The van der Waals surface area contributed by atoms with Crippen LogP contribution in [-0.2, 0) is 9.47 Å². The van der Waals surface area contributed by atoms with E-state index in [1.54, 1.807) is 0 Å². The summed E-state index contributed by atoms with van der Waals surface area (Å²) in [5.74, 6) is 0.529. The second-order valence-corrected chi connectivity index (χ2v) is 5.87. The lowest BCUT2D eigenvalue weighted by molar-refractivity contribution is -0.270. The molecule has 0 spiro atoms. The molecule has 5 nitrogen and oxygen atoms in total. The highest BCUT2D eigenvalue weighted by Crippen LogP contribution is 2.18. The van der Waals surface area contributed by atoms with Crippen molar-refractivity contribution in [2.75, 3.05) is 13.2 Å². The first-order valence-electron chi connectivity index (χ1n) is 7.32. The first-order chi connectivity index (χ1) is 9.41. The third-order valence-corrected chi connectivity index (χ3v) is 3.56. The molecule has 0 radical (unpaired) electrons. The Balaban J connectivity index is 2.18. The van der Waals surface area contributed by atoms with Crippen molar-refractivity contribution in [1.82, 2.24) is 0 Å². The number of allylic oxidation sites excluding steroid dienone is 2. The molecule has 0 amide bonds. The normalized spacial score (nSPS) is 31.9. The SMILES string of the molecule is CC(C)=CCC[C@H](C)CCOC1OC[C@@H](O)[C@H](O)[C@H]1O. The van der Waals surface area contributed by atoms with E-state index < -0.39 is 24.6 Å². The smallest absolute Gasteiger partial charge is 0.186 e. The van der Waals surface area contributed by atoms with E-state index in [9.17, 15) is 15.3 Å². The minimum absolute atomic E-state index is 0.0149. The highest BCUT2D eigenvalue weighted by Gasteiger charge is 2.38. The Labute approximate surface area is 121 Å². The molecule has 5 heteroatoms. The molecule has 5 atom stereocenters. The van der Waals surface area contributed by atoms with Crippen molar-refractivity contribution in [3.05, 3.63) is 11.6 Å². The van der Waals surface area contributed by atoms with Crippen LogP contribution in [0.2, 0.25) is 0 Å². The van der Waals surface area contributed by atoms with Crippen LogP contribution < -0.4 is 0 Å². The molecule has 118 valence electrons. The van der Waals surface area contributed by atoms with Crippen LogP contribution in [0.3, 0.4) is 0 Å². The summed E-state index contributed by atoms with van der Waals surface area (Å²) in [6.45, 7) is 6.81. The number of ether oxygens (including phenoxy) is 2. The Morgan fingerprint density at radius 2 is 1.95 bits per heavy atom. The van der Waals surface area contributed by atoms with Gasteiger partial charge in [0.1, 0.15) is 18.3 Å². The lowest BCUT2D eigenvalue weighted by Gasteiger charge is -2.35. The van der Waals surface area contributed by atoms with Crippen molar-refractivity contribution in [2.45, 2.75) is 64.6 Å². The summed E-state index contributed by atoms with van der Waals surface area (Å²) in [5, 5.41) is 28.6. The Morgan fingerprint density at radius 3 is 2.60 bits per heavy atom. The zero-order chi connectivity index (χ0) is 15.1. The molecule has 1 unspecified atom stereocenters. The van der Waals surface area contributed by atoms with Crippen molar-refractivity contribution >= 4 is 0 Å². The molecule has 0 aliphatic carbocycles. The van der Waals surface area contributed by atoms with E-state index in [4.69, 9.17) is 9.47 Å². The predicted molar refractivity (Wildman–Crippen MR) is 76.2 cm³/mol. The van der Waals surface area contributed by atoms with Crippen molar-refractivity contribution < 1.29 is 24.8 Å². The quantitative estimate of drug-likeness (QED) is 0.614. The predicted octanol–water partition coefficient (Wildman–Crippen LogP) is 1.21. The molecule has 0 aromatic rings. The van der Waals surface area contributed by atoms with E-state index in [1.165, 1.54) is 5.57 Å². The molecule has 1 fully saturated rings. The van der Waals surface area contributed by atoms with Crippen LogP contribution in [0.15, 0.2) is 11.6 Å². The van der Waals surface area contributed by atoms with Gasteiger partial charge in [-0.3, -0.25) is 0 Å². The fourth-order valence-electron chi connectivity index (χ4n) is 2.11. The topological polar surface area (TPSA) is 79.2 Å². The van der Waals surface area contributed by atoms with E-state index in [-0.39, 0.29) is 6.61 Å². The Morgan fingerprint density at radius 1 is 1.25 bits per heavy atom. The van der Waals surface area contributed by atoms with Crippen LogP contribution >= 0.6 is 0 Å². The molecule has 0 aromatic heterocycles. The molecular weight excluding hydrogens is 260 g/mol. The van der Waals surface area contributed by atoms with Gasteiger partial charge in [-0.15, -0.1) is 0 Å². The fourth-order valence-corrected chi connectivity index (χ4v) is 2.11. The van der Waals surface area contributed by atoms with Crippen LogP contribution in [0.5, 0.6) is 0 Å².